The van der Waals surface area contributed by atoms with Crippen LogP contribution in [-0.2, 0) is 5.21 Å². The summed E-state index contributed by atoms with van der Waals surface area (Å²) in [6, 6.07) is 11.6. The highest BCUT2D eigenvalue weighted by Crippen LogP contribution is 2.46. The Morgan fingerprint density at radius 3 is 2.49 bits per heavy atom. The van der Waals surface area contributed by atoms with E-state index in [9.17, 15) is 10.4 Å². The van der Waals surface area contributed by atoms with E-state index in [1.54, 1.807) is 50.2 Å². The second-order valence-electron chi connectivity index (χ2n) is 9.86. The molecular weight excluding hydrogens is 456 g/mol. The molecule has 2 N–H and O–H groups in total. The van der Waals surface area contributed by atoms with Crippen molar-refractivity contribution in [1.29, 1.82) is 5.26 Å². The van der Waals surface area contributed by atoms with Crippen LogP contribution in [-0.4, -0.2) is 86.4 Å². The van der Waals surface area contributed by atoms with Gasteiger partial charge in [0.15, 0.2) is 0 Å². The van der Waals surface area contributed by atoms with Gasteiger partial charge < -0.3 is 19.7 Å². The highest BCUT2D eigenvalue weighted by molar-refractivity contribution is 6.53. The van der Waals surface area contributed by atoms with E-state index in [-0.39, 0.29) is 23.7 Å². The van der Waals surface area contributed by atoms with Crippen molar-refractivity contribution in [2.24, 2.45) is 0 Å². The van der Waals surface area contributed by atoms with E-state index in [2.05, 4.69) is 21.5 Å². The van der Waals surface area contributed by atoms with Crippen LogP contribution >= 0.6 is 0 Å². The normalized spacial score (nSPS) is 17.2. The average molecular weight is 473 g/mol. The van der Waals surface area contributed by atoms with Crippen molar-refractivity contribution < 1.29 is 14.4 Å². The molecule has 37 heavy (non-hydrogen) atoms. The quantitative estimate of drug-likeness (QED) is 0.468. The Morgan fingerprint density at radius 2 is 1.86 bits per heavy atom. The van der Waals surface area contributed by atoms with Crippen LogP contribution in [0.5, 0.6) is 5.75 Å². The molecule has 3 aromatic rings. The summed E-state index contributed by atoms with van der Waals surface area (Å²) >= 11 is 0. The molecule has 1 atom stereocenters. The van der Waals surface area contributed by atoms with Gasteiger partial charge in [0.05, 0.1) is 58.1 Å². The zero-order valence-electron chi connectivity index (χ0n) is 20.4. The number of aromatic nitrogens is 2. The van der Waals surface area contributed by atoms with Gasteiger partial charge in [-0.25, -0.2) is 0 Å². The molecule has 14 radical (unpaired) electrons. The predicted molar refractivity (Wildman–Crippen MR) is 145 cm³/mol. The third kappa shape index (κ3) is 5.44. The Morgan fingerprint density at radius 1 is 1.16 bits per heavy atom. The fourth-order valence-corrected chi connectivity index (χ4v) is 4.22. The molecule has 7 nitrogen and oxygen atoms in total. The van der Waals surface area contributed by atoms with Gasteiger partial charge in [-0.2, -0.15) is 10.2 Å². The molecule has 1 aromatic heterocycles. The molecule has 0 unspecified atom stereocenters. The molecule has 0 amide bonds. The zero-order valence-corrected chi connectivity index (χ0v) is 20.4. The first-order chi connectivity index (χ1) is 17.0. The number of aliphatic hydroxyl groups is 1. The summed E-state index contributed by atoms with van der Waals surface area (Å²) < 4.78 is 11.1. The average Bonchev–Trinajstić information content (AvgIpc) is 3.35. The summed E-state index contributed by atoms with van der Waals surface area (Å²) in [5.41, 5.74) is 1.47. The fraction of sp³-hybridized carbons (Fsp3) is 0.348. The number of rotatable bonds is 7. The summed E-state index contributed by atoms with van der Waals surface area (Å²) in [6.07, 6.45) is 0.154. The van der Waals surface area contributed by atoms with Crippen molar-refractivity contribution in [3.05, 3.63) is 53.1 Å². The molecule has 0 spiro atoms. The molecule has 1 aliphatic carbocycles. The van der Waals surface area contributed by atoms with E-state index in [1.807, 2.05) is 0 Å². The maximum absolute atomic E-state index is 9.95. The van der Waals surface area contributed by atoms with Crippen molar-refractivity contribution >= 4 is 54.9 Å². The van der Waals surface area contributed by atoms with Gasteiger partial charge >= 0.3 is 0 Å². The summed E-state index contributed by atoms with van der Waals surface area (Å²) in [5, 5.41) is 20.6. The monoisotopic (exact) mass is 474 g/mol. The van der Waals surface area contributed by atoms with Gasteiger partial charge in [-0.3, -0.25) is 0 Å². The molecule has 0 aliphatic heterocycles. The lowest BCUT2D eigenvalue weighted by atomic mass is 9.40. The third-order valence-corrected chi connectivity index (χ3v) is 5.94. The highest BCUT2D eigenvalue weighted by Gasteiger charge is 2.42. The van der Waals surface area contributed by atoms with Gasteiger partial charge in [0.25, 0.3) is 5.89 Å². The van der Waals surface area contributed by atoms with E-state index < -0.39 is 27.5 Å². The molecule has 0 saturated carbocycles. The fourth-order valence-electron chi connectivity index (χ4n) is 4.22. The Bertz CT molecular complexity index is 1370. The molecule has 0 fully saturated rings. The van der Waals surface area contributed by atoms with Crippen molar-refractivity contribution in [2.45, 2.75) is 47.8 Å². The zero-order chi connectivity index (χ0) is 27.4. The van der Waals surface area contributed by atoms with E-state index in [1.165, 1.54) is 0 Å². The van der Waals surface area contributed by atoms with Gasteiger partial charge in [0.2, 0.25) is 5.82 Å². The second-order valence-corrected chi connectivity index (χ2v) is 9.86. The van der Waals surface area contributed by atoms with Gasteiger partial charge in [-0.05, 0) is 60.3 Å². The van der Waals surface area contributed by atoms with Crippen LogP contribution < -0.4 is 10.1 Å². The standard InChI is InChI=1S/C23H17B7N4O3/c1-20(2,24)36-16-7-6-11(8-12(16)10-31)19-32-18(34-37-19)14-5-3-4-13-15(9-21(25,26)17(13)14)33-22(27,28)23(29,30)35/h3-8,15,33,35H,9H2,1-2H3/t15-/m0/s1. The van der Waals surface area contributed by atoms with E-state index in [0.717, 1.165) is 0 Å². The second kappa shape index (κ2) is 9.22. The number of nitrogens with one attached hydrogen (secondary N) is 1. The highest BCUT2D eigenvalue weighted by atomic mass is 16.5. The molecule has 1 aliphatic rings. The summed E-state index contributed by atoms with van der Waals surface area (Å²) in [6.45, 7) is 3.35. The van der Waals surface area contributed by atoms with Crippen molar-refractivity contribution in [2.75, 3.05) is 0 Å². The molecule has 0 bridgehead atoms. The van der Waals surface area contributed by atoms with Crippen LogP contribution in [0.4, 0.5) is 0 Å². The Kier molecular flexibility index (Phi) is 6.80. The van der Waals surface area contributed by atoms with Crippen molar-refractivity contribution in [3.63, 3.8) is 0 Å². The molecular formula is C23H17B7N4O3. The Balaban J connectivity index is 1.70. The largest absolute Gasteiger partial charge is 0.497 e. The topological polar surface area (TPSA) is 104 Å². The first kappa shape index (κ1) is 27.3. The van der Waals surface area contributed by atoms with E-state index in [0.29, 0.717) is 28.0 Å². The lowest BCUT2D eigenvalue weighted by molar-refractivity contribution is 0.169. The SMILES string of the molecule is [B]C(C)(C)Oc1ccc(-c2nc(-c3cccc4c3C([B])([B])C[C@@H]4NC([B])([B])C([B])([B])O)no2)cc1C#N. The lowest BCUT2D eigenvalue weighted by Gasteiger charge is -2.43. The van der Waals surface area contributed by atoms with Crippen LogP contribution in [0, 0.1) is 11.3 Å². The van der Waals surface area contributed by atoms with Gasteiger partial charge in [0, 0.05) is 17.2 Å². The first-order valence-corrected chi connectivity index (χ1v) is 11.3. The smallest absolute Gasteiger partial charge is 0.258 e. The molecule has 14 heteroatoms. The number of benzene rings is 2. The van der Waals surface area contributed by atoms with Crippen LogP contribution in [0.1, 0.15) is 43.0 Å². The molecule has 1 heterocycles. The predicted octanol–water partition coefficient (Wildman–Crippen LogP) is 0.0568. The van der Waals surface area contributed by atoms with Crippen LogP contribution in [0.15, 0.2) is 40.9 Å². The maximum atomic E-state index is 9.95. The summed E-state index contributed by atoms with van der Waals surface area (Å²) in [7, 11) is 41.7. The summed E-state index contributed by atoms with van der Waals surface area (Å²) in [5.74, 6) is 0.705. The van der Waals surface area contributed by atoms with Crippen LogP contribution in [0.3, 0.4) is 0 Å². The van der Waals surface area contributed by atoms with Crippen LogP contribution in [0.25, 0.3) is 22.8 Å². The van der Waals surface area contributed by atoms with E-state index >= 15 is 0 Å². The number of fused-ring (bicyclic) bond motifs is 1. The third-order valence-electron chi connectivity index (χ3n) is 5.94. The lowest BCUT2D eigenvalue weighted by Crippen LogP contribution is -2.65. The number of nitriles is 1. The minimum atomic E-state index is -2.43. The minimum Gasteiger partial charge on any atom is -0.497 e. The number of ether oxygens (including phenoxy) is 1. The maximum Gasteiger partial charge on any atom is 0.258 e. The van der Waals surface area contributed by atoms with Crippen molar-refractivity contribution in [3.8, 4) is 34.7 Å². The van der Waals surface area contributed by atoms with Gasteiger partial charge in [-0.1, -0.05) is 28.6 Å². The Labute approximate surface area is 225 Å². The van der Waals surface area contributed by atoms with E-state index in [4.69, 9.17) is 64.2 Å². The molecule has 168 valence electrons. The molecule has 2 aromatic carbocycles. The van der Waals surface area contributed by atoms with Gasteiger partial charge in [0.1, 0.15) is 19.7 Å². The number of nitrogens with zero attached hydrogens (tertiary/aromatic N) is 3. The van der Waals surface area contributed by atoms with Gasteiger partial charge in [-0.15, -0.1) is 0 Å². The molecule has 0 saturated heterocycles. The molecule has 4 rings (SSSR count). The summed E-state index contributed by atoms with van der Waals surface area (Å²) in [4.78, 5) is 4.50. The van der Waals surface area contributed by atoms with Crippen molar-refractivity contribution in [1.82, 2.24) is 15.5 Å². The number of hydrogen-bond donors (Lipinski definition) is 2. The Hall–Kier alpha value is -2.76. The first-order valence-electron chi connectivity index (χ1n) is 11.3. The minimum absolute atomic E-state index is 0.154. The van der Waals surface area contributed by atoms with Crippen LogP contribution in [0.2, 0.25) is 0 Å². The number of hydrogen-bond acceptors (Lipinski definition) is 7.